The van der Waals surface area contributed by atoms with Gasteiger partial charge in [0.05, 0.1) is 11.2 Å². The van der Waals surface area contributed by atoms with Gasteiger partial charge in [0.1, 0.15) is 5.76 Å². The molecule has 0 aliphatic carbocycles. The first-order valence-corrected chi connectivity index (χ1v) is 3.32. The Balaban J connectivity index is 2.82. The molecule has 0 radical (unpaired) electrons. The van der Waals surface area contributed by atoms with Gasteiger partial charge in [0, 0.05) is 6.08 Å². The number of hydrogen-bond acceptors (Lipinski definition) is 3. The van der Waals surface area contributed by atoms with Gasteiger partial charge in [0.15, 0.2) is 0 Å². The maximum atomic E-state index is 10.2. The second kappa shape index (κ2) is 3.30. The molecule has 1 aromatic rings. The van der Waals surface area contributed by atoms with Crippen LogP contribution in [0, 0.1) is 0 Å². The van der Waals surface area contributed by atoms with Gasteiger partial charge in [-0.3, -0.25) is 0 Å². The summed E-state index contributed by atoms with van der Waals surface area (Å²) in [6.45, 7) is 0. The van der Waals surface area contributed by atoms with E-state index in [4.69, 9.17) is 9.52 Å². The molecule has 1 aromatic heterocycles. The number of aliphatic carboxylic acids is 1. The van der Waals surface area contributed by atoms with Crippen LogP contribution in [0.15, 0.2) is 27.7 Å². The average Bonchev–Trinajstić information content (AvgIpc) is 2.39. The van der Waals surface area contributed by atoms with Gasteiger partial charge in [-0.15, -0.1) is 12.6 Å². The minimum atomic E-state index is -1.07. The Morgan fingerprint density at radius 1 is 1.73 bits per heavy atom. The van der Waals surface area contributed by atoms with Crippen LogP contribution in [0.25, 0.3) is 6.08 Å². The van der Waals surface area contributed by atoms with Gasteiger partial charge in [-0.25, -0.2) is 4.79 Å². The molecule has 0 aliphatic heterocycles. The lowest BCUT2D eigenvalue weighted by Gasteiger charge is -1.88. The first kappa shape index (κ1) is 7.94. The monoisotopic (exact) mass is 170 g/mol. The summed E-state index contributed by atoms with van der Waals surface area (Å²) in [7, 11) is 0. The van der Waals surface area contributed by atoms with E-state index in [-0.39, 0.29) is 4.91 Å². The molecular formula is C7H6O3S. The van der Waals surface area contributed by atoms with Gasteiger partial charge < -0.3 is 9.52 Å². The van der Waals surface area contributed by atoms with E-state index in [1.54, 1.807) is 12.1 Å². The SMILES string of the molecule is O=C(O)C(S)=Cc1ccco1. The van der Waals surface area contributed by atoms with Gasteiger partial charge in [-0.2, -0.15) is 0 Å². The number of hydrogen-bond donors (Lipinski definition) is 2. The number of furan rings is 1. The summed E-state index contributed by atoms with van der Waals surface area (Å²) in [5.41, 5.74) is 0. The van der Waals surface area contributed by atoms with Crippen molar-refractivity contribution in [2.45, 2.75) is 0 Å². The van der Waals surface area contributed by atoms with E-state index < -0.39 is 5.97 Å². The number of carbonyl (C=O) groups is 1. The van der Waals surface area contributed by atoms with Crippen LogP contribution in [-0.2, 0) is 4.79 Å². The van der Waals surface area contributed by atoms with Crippen LogP contribution in [0.5, 0.6) is 0 Å². The smallest absolute Gasteiger partial charge is 0.342 e. The van der Waals surface area contributed by atoms with Crippen molar-refractivity contribution >= 4 is 24.7 Å². The second-order valence-electron chi connectivity index (χ2n) is 1.85. The van der Waals surface area contributed by atoms with Crippen LogP contribution in [0.4, 0.5) is 0 Å². The largest absolute Gasteiger partial charge is 0.477 e. The quantitative estimate of drug-likeness (QED) is 0.524. The maximum Gasteiger partial charge on any atom is 0.342 e. The third-order valence-electron chi connectivity index (χ3n) is 1.04. The average molecular weight is 170 g/mol. The lowest BCUT2D eigenvalue weighted by molar-refractivity contribution is -0.131. The summed E-state index contributed by atoms with van der Waals surface area (Å²) < 4.78 is 4.87. The van der Waals surface area contributed by atoms with E-state index in [9.17, 15) is 4.79 Å². The van der Waals surface area contributed by atoms with Gasteiger partial charge in [0.2, 0.25) is 0 Å². The molecule has 1 rings (SSSR count). The Morgan fingerprint density at radius 2 is 2.45 bits per heavy atom. The summed E-state index contributed by atoms with van der Waals surface area (Å²) >= 11 is 3.71. The van der Waals surface area contributed by atoms with Crippen LogP contribution in [-0.4, -0.2) is 11.1 Å². The van der Waals surface area contributed by atoms with Crippen LogP contribution in [0.2, 0.25) is 0 Å². The second-order valence-corrected chi connectivity index (χ2v) is 2.33. The molecule has 0 bridgehead atoms. The molecule has 58 valence electrons. The van der Waals surface area contributed by atoms with Gasteiger partial charge >= 0.3 is 5.97 Å². The molecule has 4 heteroatoms. The van der Waals surface area contributed by atoms with Crippen molar-refractivity contribution in [3.05, 3.63) is 29.1 Å². The van der Waals surface area contributed by atoms with E-state index >= 15 is 0 Å². The molecular weight excluding hydrogens is 164 g/mol. The highest BCUT2D eigenvalue weighted by Crippen LogP contribution is 2.09. The molecule has 3 nitrogen and oxygen atoms in total. The topological polar surface area (TPSA) is 50.4 Å². The number of carboxylic acids is 1. The third kappa shape index (κ3) is 2.16. The molecule has 0 spiro atoms. The Bertz CT molecular complexity index is 274. The lowest BCUT2D eigenvalue weighted by atomic mass is 10.4. The fourth-order valence-electron chi connectivity index (χ4n) is 0.570. The summed E-state index contributed by atoms with van der Waals surface area (Å²) in [5, 5.41) is 8.39. The molecule has 11 heavy (non-hydrogen) atoms. The predicted octanol–water partition coefficient (Wildman–Crippen LogP) is 1.63. The Labute approximate surface area is 68.7 Å². The van der Waals surface area contributed by atoms with E-state index in [0.29, 0.717) is 5.76 Å². The van der Waals surface area contributed by atoms with Crippen molar-refractivity contribution < 1.29 is 14.3 Å². The Hall–Kier alpha value is -1.16. The van der Waals surface area contributed by atoms with Crippen LogP contribution in [0.3, 0.4) is 0 Å². The van der Waals surface area contributed by atoms with Crippen molar-refractivity contribution in [2.75, 3.05) is 0 Å². The number of carboxylic acid groups (broad SMARTS) is 1. The molecule has 0 saturated heterocycles. The highest BCUT2D eigenvalue weighted by atomic mass is 32.1. The fourth-order valence-corrected chi connectivity index (χ4v) is 0.697. The highest BCUT2D eigenvalue weighted by Gasteiger charge is 2.01. The molecule has 0 saturated carbocycles. The van der Waals surface area contributed by atoms with Crippen molar-refractivity contribution in [3.63, 3.8) is 0 Å². The van der Waals surface area contributed by atoms with Gasteiger partial charge in [-0.05, 0) is 12.1 Å². The third-order valence-corrected chi connectivity index (χ3v) is 1.36. The van der Waals surface area contributed by atoms with E-state index in [0.717, 1.165) is 0 Å². The van der Waals surface area contributed by atoms with Crippen LogP contribution >= 0.6 is 12.6 Å². The minimum Gasteiger partial charge on any atom is -0.477 e. The minimum absolute atomic E-state index is 0.0417. The summed E-state index contributed by atoms with van der Waals surface area (Å²) in [6, 6.07) is 3.33. The first-order valence-electron chi connectivity index (χ1n) is 2.87. The predicted molar refractivity (Wildman–Crippen MR) is 43.3 cm³/mol. The maximum absolute atomic E-state index is 10.2. The van der Waals surface area contributed by atoms with Gasteiger partial charge in [-0.1, -0.05) is 0 Å². The van der Waals surface area contributed by atoms with Crippen molar-refractivity contribution in [1.29, 1.82) is 0 Å². The van der Waals surface area contributed by atoms with Crippen LogP contribution in [0.1, 0.15) is 5.76 Å². The van der Waals surface area contributed by atoms with Crippen molar-refractivity contribution in [2.24, 2.45) is 0 Å². The lowest BCUT2D eigenvalue weighted by Crippen LogP contribution is -1.92. The van der Waals surface area contributed by atoms with Crippen LogP contribution < -0.4 is 0 Å². The zero-order chi connectivity index (χ0) is 8.27. The molecule has 0 fully saturated rings. The molecule has 1 heterocycles. The fraction of sp³-hybridized carbons (Fsp3) is 0. The van der Waals surface area contributed by atoms with Gasteiger partial charge in [0.25, 0.3) is 0 Å². The van der Waals surface area contributed by atoms with Crippen molar-refractivity contribution in [3.8, 4) is 0 Å². The first-order chi connectivity index (χ1) is 5.20. The number of thiol groups is 1. The molecule has 0 aliphatic rings. The zero-order valence-corrected chi connectivity index (χ0v) is 6.41. The molecule has 0 unspecified atom stereocenters. The zero-order valence-electron chi connectivity index (χ0n) is 5.52. The highest BCUT2D eigenvalue weighted by molar-refractivity contribution is 7.85. The normalized spacial score (nSPS) is 11.5. The molecule has 0 amide bonds. The standard InChI is InChI=1S/C7H6O3S/c8-7(9)6(11)4-5-2-1-3-10-5/h1-4,11H,(H,8,9). The summed E-state index contributed by atoms with van der Waals surface area (Å²) in [4.78, 5) is 10.2. The summed E-state index contributed by atoms with van der Waals surface area (Å²) in [5.74, 6) is -0.581. The van der Waals surface area contributed by atoms with E-state index in [2.05, 4.69) is 12.6 Å². The Kier molecular flexibility index (Phi) is 2.38. The Morgan fingerprint density at radius 3 is 2.91 bits per heavy atom. The van der Waals surface area contributed by atoms with E-state index in [1.807, 2.05) is 0 Å². The molecule has 0 aromatic carbocycles. The molecule has 1 N–H and O–H groups in total. The summed E-state index contributed by atoms with van der Waals surface area (Å²) in [6.07, 6.45) is 2.81. The molecule has 0 atom stereocenters. The van der Waals surface area contributed by atoms with Crippen molar-refractivity contribution in [1.82, 2.24) is 0 Å². The van der Waals surface area contributed by atoms with E-state index in [1.165, 1.54) is 12.3 Å². The number of rotatable bonds is 2.